The van der Waals surface area contributed by atoms with Gasteiger partial charge in [0.1, 0.15) is 25.0 Å². The number of halogens is 1. The van der Waals surface area contributed by atoms with Crippen LogP contribution in [0.2, 0.25) is 0 Å². The Bertz CT molecular complexity index is 872. The zero-order chi connectivity index (χ0) is 18.7. The van der Waals surface area contributed by atoms with Gasteiger partial charge in [-0.3, -0.25) is 0 Å². The minimum Gasteiger partial charge on any atom is -1.00 e. The summed E-state index contributed by atoms with van der Waals surface area (Å²) >= 11 is 0. The van der Waals surface area contributed by atoms with E-state index >= 15 is 0 Å². The number of nitrogens with zero attached hydrogens (tertiary/aromatic N) is 2. The number of aliphatic hydroxyl groups excluding tert-OH is 1. The van der Waals surface area contributed by atoms with Crippen molar-refractivity contribution in [3.8, 4) is 5.75 Å². The van der Waals surface area contributed by atoms with Gasteiger partial charge in [-0.1, -0.05) is 38.1 Å². The second-order valence-electron chi connectivity index (χ2n) is 7.08. The van der Waals surface area contributed by atoms with Crippen LogP contribution in [0.5, 0.6) is 5.75 Å². The van der Waals surface area contributed by atoms with Gasteiger partial charge in [0, 0.05) is 6.92 Å². The molecule has 0 aliphatic carbocycles. The van der Waals surface area contributed by atoms with Crippen LogP contribution in [0, 0.1) is 6.92 Å². The fraction of sp³-hybridized carbons (Fsp3) is 0.409. The van der Waals surface area contributed by atoms with E-state index in [4.69, 9.17) is 4.74 Å². The summed E-state index contributed by atoms with van der Waals surface area (Å²) in [6.07, 6.45) is -0.570. The summed E-state index contributed by atoms with van der Waals surface area (Å²) in [7, 11) is 0. The SMILES string of the molecule is CCn1c(C)[n+](CC(O)COc2ccc(C(C)C)cc2)c2ccccc21.[I-]. The molecular formula is C22H29IN2O2. The van der Waals surface area contributed by atoms with Crippen molar-refractivity contribution < 1.29 is 38.4 Å². The number of aliphatic hydroxyl groups is 1. The highest BCUT2D eigenvalue weighted by atomic mass is 127. The van der Waals surface area contributed by atoms with E-state index in [0.29, 0.717) is 12.5 Å². The minimum atomic E-state index is -0.570. The Morgan fingerprint density at radius 3 is 2.37 bits per heavy atom. The predicted octanol–water partition coefficient (Wildman–Crippen LogP) is 0.824. The van der Waals surface area contributed by atoms with Gasteiger partial charge in [0.05, 0.1) is 6.54 Å². The number of hydrogen-bond donors (Lipinski definition) is 1. The molecule has 1 unspecified atom stereocenters. The number of aromatic nitrogens is 2. The molecule has 1 atom stereocenters. The summed E-state index contributed by atoms with van der Waals surface area (Å²) in [6, 6.07) is 16.4. The normalized spacial score (nSPS) is 12.2. The summed E-state index contributed by atoms with van der Waals surface area (Å²) in [6.45, 7) is 10.3. The zero-order valence-electron chi connectivity index (χ0n) is 16.5. The highest BCUT2D eigenvalue weighted by Gasteiger charge is 2.22. The second kappa shape index (κ2) is 9.55. The Kier molecular flexibility index (Phi) is 7.68. The molecule has 0 aliphatic rings. The molecule has 1 heterocycles. The Morgan fingerprint density at radius 1 is 1.07 bits per heavy atom. The van der Waals surface area contributed by atoms with E-state index in [1.165, 1.54) is 11.1 Å². The van der Waals surface area contributed by atoms with Crippen molar-refractivity contribution in [2.24, 2.45) is 0 Å². The average Bonchev–Trinajstić information content (AvgIpc) is 2.91. The van der Waals surface area contributed by atoms with Gasteiger partial charge >= 0.3 is 0 Å². The Balaban J connectivity index is 0.00000261. The molecule has 3 aromatic rings. The lowest BCUT2D eigenvalue weighted by Crippen LogP contribution is -3.00. The van der Waals surface area contributed by atoms with E-state index in [9.17, 15) is 5.11 Å². The van der Waals surface area contributed by atoms with Crippen molar-refractivity contribution in [1.82, 2.24) is 4.57 Å². The summed E-state index contributed by atoms with van der Waals surface area (Å²) in [4.78, 5) is 0. The van der Waals surface area contributed by atoms with Crippen molar-refractivity contribution in [3.05, 3.63) is 59.9 Å². The predicted molar refractivity (Wildman–Crippen MR) is 105 cm³/mol. The quantitative estimate of drug-likeness (QED) is 0.402. The number of fused-ring (bicyclic) bond motifs is 1. The van der Waals surface area contributed by atoms with E-state index in [1.54, 1.807) is 0 Å². The molecule has 0 fully saturated rings. The molecule has 5 heteroatoms. The lowest BCUT2D eigenvalue weighted by atomic mass is 10.0. The summed E-state index contributed by atoms with van der Waals surface area (Å²) in [5.41, 5.74) is 3.63. The smallest absolute Gasteiger partial charge is 0.254 e. The van der Waals surface area contributed by atoms with E-state index in [0.717, 1.165) is 23.6 Å². The number of ether oxygens (including phenoxy) is 1. The molecule has 0 bridgehead atoms. The number of benzene rings is 2. The van der Waals surface area contributed by atoms with E-state index in [-0.39, 0.29) is 30.6 Å². The maximum atomic E-state index is 10.5. The van der Waals surface area contributed by atoms with Crippen LogP contribution >= 0.6 is 0 Å². The van der Waals surface area contributed by atoms with Crippen molar-refractivity contribution in [1.29, 1.82) is 0 Å². The molecule has 27 heavy (non-hydrogen) atoms. The lowest BCUT2D eigenvalue weighted by Gasteiger charge is -2.12. The van der Waals surface area contributed by atoms with E-state index in [2.05, 4.69) is 67.2 Å². The van der Waals surface area contributed by atoms with E-state index in [1.807, 2.05) is 18.2 Å². The zero-order valence-corrected chi connectivity index (χ0v) is 18.7. The molecule has 146 valence electrons. The topological polar surface area (TPSA) is 38.3 Å². The third kappa shape index (κ3) is 4.82. The van der Waals surface area contributed by atoms with Crippen LogP contribution in [0.25, 0.3) is 11.0 Å². The Labute approximate surface area is 178 Å². The molecule has 0 saturated heterocycles. The molecule has 1 aromatic heterocycles. The average molecular weight is 480 g/mol. The van der Waals surface area contributed by atoms with Gasteiger partial charge in [0.25, 0.3) is 5.82 Å². The highest BCUT2D eigenvalue weighted by Crippen LogP contribution is 2.19. The van der Waals surface area contributed by atoms with Gasteiger partial charge in [-0.05, 0) is 42.7 Å². The number of imidazole rings is 1. The fourth-order valence-corrected chi connectivity index (χ4v) is 3.45. The van der Waals surface area contributed by atoms with Crippen LogP contribution in [-0.4, -0.2) is 22.4 Å². The molecule has 0 saturated carbocycles. The lowest BCUT2D eigenvalue weighted by molar-refractivity contribution is -0.685. The van der Waals surface area contributed by atoms with Crippen LogP contribution in [-0.2, 0) is 13.1 Å². The van der Waals surface area contributed by atoms with E-state index < -0.39 is 6.10 Å². The molecular weight excluding hydrogens is 451 g/mol. The maximum Gasteiger partial charge on any atom is 0.254 e. The number of aryl methyl sites for hydroxylation is 1. The van der Waals surface area contributed by atoms with Gasteiger partial charge in [0.2, 0.25) is 0 Å². The van der Waals surface area contributed by atoms with Crippen molar-refractivity contribution in [2.45, 2.75) is 52.8 Å². The van der Waals surface area contributed by atoms with Crippen molar-refractivity contribution in [2.75, 3.05) is 6.61 Å². The van der Waals surface area contributed by atoms with Gasteiger partial charge in [-0.25, -0.2) is 9.13 Å². The molecule has 0 spiro atoms. The van der Waals surface area contributed by atoms with Gasteiger partial charge in [-0.2, -0.15) is 0 Å². The first kappa shape index (κ1) is 21.7. The van der Waals surface area contributed by atoms with Crippen LogP contribution in [0.3, 0.4) is 0 Å². The number of rotatable bonds is 7. The molecule has 0 aliphatic heterocycles. The summed E-state index contributed by atoms with van der Waals surface area (Å²) < 4.78 is 10.2. The first-order valence-electron chi connectivity index (χ1n) is 9.39. The third-order valence-electron chi connectivity index (χ3n) is 4.94. The minimum absolute atomic E-state index is 0. The van der Waals surface area contributed by atoms with Gasteiger partial charge < -0.3 is 33.8 Å². The standard InChI is InChI=1S/C22H29N2O2.HI/c1-5-23-17(4)24(22-9-7-6-8-21(22)23)14-19(25)15-26-20-12-10-18(11-13-20)16(2)3;/h6-13,16,19,25H,5,14-15H2,1-4H3;1H/q+1;/p-1. The second-order valence-corrected chi connectivity index (χ2v) is 7.08. The summed E-state index contributed by atoms with van der Waals surface area (Å²) in [5.74, 6) is 2.45. The molecule has 3 rings (SSSR count). The maximum absolute atomic E-state index is 10.5. The largest absolute Gasteiger partial charge is 1.00 e. The van der Waals surface area contributed by atoms with Gasteiger partial charge in [-0.15, -0.1) is 0 Å². The van der Waals surface area contributed by atoms with Crippen LogP contribution in [0.15, 0.2) is 48.5 Å². The van der Waals surface area contributed by atoms with Crippen LogP contribution in [0.4, 0.5) is 0 Å². The first-order valence-corrected chi connectivity index (χ1v) is 9.39. The molecule has 4 nitrogen and oxygen atoms in total. The molecule has 1 N–H and O–H groups in total. The van der Waals surface area contributed by atoms with Gasteiger partial charge in [0.15, 0.2) is 11.0 Å². The third-order valence-corrected chi connectivity index (χ3v) is 4.94. The molecule has 0 amide bonds. The van der Waals surface area contributed by atoms with Crippen LogP contribution < -0.4 is 33.3 Å². The Morgan fingerprint density at radius 2 is 1.74 bits per heavy atom. The molecule has 2 aromatic carbocycles. The fourth-order valence-electron chi connectivity index (χ4n) is 3.45. The highest BCUT2D eigenvalue weighted by molar-refractivity contribution is 5.72. The Hall–Kier alpha value is -1.60. The van der Waals surface area contributed by atoms with Crippen molar-refractivity contribution in [3.63, 3.8) is 0 Å². The first-order chi connectivity index (χ1) is 12.5. The number of hydrogen-bond acceptors (Lipinski definition) is 2. The van der Waals surface area contributed by atoms with Crippen molar-refractivity contribution >= 4 is 11.0 Å². The molecule has 0 radical (unpaired) electrons. The monoisotopic (exact) mass is 480 g/mol. The summed E-state index contributed by atoms with van der Waals surface area (Å²) in [5, 5.41) is 10.5. The number of para-hydroxylation sites is 2. The van der Waals surface area contributed by atoms with Crippen LogP contribution in [0.1, 0.15) is 38.1 Å².